The maximum Gasteiger partial charge on any atom is 0.209 e. The summed E-state index contributed by atoms with van der Waals surface area (Å²) in [5, 5.41) is 6.50. The van der Waals surface area contributed by atoms with Gasteiger partial charge in [-0.1, -0.05) is 30.3 Å². The van der Waals surface area contributed by atoms with Gasteiger partial charge in [0.05, 0.1) is 11.9 Å². The van der Waals surface area contributed by atoms with E-state index in [2.05, 4.69) is 27.6 Å². The average Bonchev–Trinajstić information content (AvgIpc) is 2.97. The number of hydrogen-bond donors (Lipinski definition) is 2. The Hall–Kier alpha value is -1.28. The number of thiazole rings is 1. The molecule has 1 aliphatic rings. The van der Waals surface area contributed by atoms with E-state index in [9.17, 15) is 8.42 Å². The molecule has 1 aromatic heterocycles. The van der Waals surface area contributed by atoms with Crippen LogP contribution in [0.4, 0.5) is 0 Å². The molecular weight excluding hydrogens is 330 g/mol. The maximum atomic E-state index is 11.5. The Morgan fingerprint density at radius 1 is 1.35 bits per heavy atom. The van der Waals surface area contributed by atoms with Crippen LogP contribution in [-0.4, -0.2) is 38.3 Å². The number of rotatable bonds is 5. The lowest BCUT2D eigenvalue weighted by Gasteiger charge is -2.32. The van der Waals surface area contributed by atoms with Gasteiger partial charge in [-0.2, -0.15) is 0 Å². The SMILES string of the molecule is CS(=O)(=O)N[C@H]1CCCN[C@H]1Cc1csc(-c2ccccc2)n1. The van der Waals surface area contributed by atoms with Crippen molar-refractivity contribution in [3.63, 3.8) is 0 Å². The van der Waals surface area contributed by atoms with Crippen LogP contribution in [0.3, 0.4) is 0 Å². The van der Waals surface area contributed by atoms with E-state index < -0.39 is 10.0 Å². The second kappa shape index (κ2) is 7.09. The first-order valence-corrected chi connectivity index (χ1v) is 10.5. The normalized spacial score (nSPS) is 22.1. The van der Waals surface area contributed by atoms with E-state index in [0.717, 1.165) is 42.1 Å². The highest BCUT2D eigenvalue weighted by Gasteiger charge is 2.27. The minimum atomic E-state index is -3.19. The largest absolute Gasteiger partial charge is 0.312 e. The van der Waals surface area contributed by atoms with E-state index in [0.29, 0.717) is 0 Å². The fourth-order valence-corrected chi connectivity index (χ4v) is 4.59. The quantitative estimate of drug-likeness (QED) is 0.865. The van der Waals surface area contributed by atoms with Crippen molar-refractivity contribution in [1.82, 2.24) is 15.0 Å². The van der Waals surface area contributed by atoms with Crippen LogP contribution < -0.4 is 10.0 Å². The molecule has 3 rings (SSSR count). The third kappa shape index (κ3) is 4.60. The number of nitrogens with one attached hydrogen (secondary N) is 2. The number of nitrogens with zero attached hydrogens (tertiary/aromatic N) is 1. The molecule has 7 heteroatoms. The maximum absolute atomic E-state index is 11.5. The summed E-state index contributed by atoms with van der Waals surface area (Å²) in [4.78, 5) is 4.71. The first-order chi connectivity index (χ1) is 11.0. The van der Waals surface area contributed by atoms with Crippen LogP contribution in [0, 0.1) is 0 Å². The van der Waals surface area contributed by atoms with Crippen molar-refractivity contribution < 1.29 is 8.42 Å². The molecule has 2 aromatic rings. The number of aromatic nitrogens is 1. The van der Waals surface area contributed by atoms with Crippen molar-refractivity contribution in [2.24, 2.45) is 0 Å². The van der Waals surface area contributed by atoms with Gasteiger partial charge in [-0.15, -0.1) is 11.3 Å². The number of piperidine rings is 1. The number of hydrogen-bond acceptors (Lipinski definition) is 5. The van der Waals surface area contributed by atoms with Crippen LogP contribution in [0.15, 0.2) is 35.7 Å². The van der Waals surface area contributed by atoms with Gasteiger partial charge in [-0.3, -0.25) is 0 Å². The summed E-state index contributed by atoms with van der Waals surface area (Å²) < 4.78 is 25.8. The van der Waals surface area contributed by atoms with Gasteiger partial charge in [0, 0.05) is 29.4 Å². The zero-order valence-electron chi connectivity index (χ0n) is 13.0. The van der Waals surface area contributed by atoms with Gasteiger partial charge in [0.2, 0.25) is 10.0 Å². The molecule has 0 unspecified atom stereocenters. The molecule has 0 radical (unpaired) electrons. The summed E-state index contributed by atoms with van der Waals surface area (Å²) in [5.74, 6) is 0. The second-order valence-corrected chi connectivity index (χ2v) is 8.55. The highest BCUT2D eigenvalue weighted by Crippen LogP contribution is 2.24. The smallest absolute Gasteiger partial charge is 0.209 e. The van der Waals surface area contributed by atoms with E-state index in [1.807, 2.05) is 18.2 Å². The molecule has 0 bridgehead atoms. The summed E-state index contributed by atoms with van der Waals surface area (Å²) in [5.41, 5.74) is 2.12. The molecule has 124 valence electrons. The fourth-order valence-electron chi connectivity index (χ4n) is 2.92. The summed E-state index contributed by atoms with van der Waals surface area (Å²) in [6.07, 6.45) is 3.79. The summed E-state index contributed by atoms with van der Waals surface area (Å²) in [7, 11) is -3.19. The number of sulfonamides is 1. The zero-order chi connectivity index (χ0) is 16.3. The second-order valence-electron chi connectivity index (χ2n) is 5.91. The van der Waals surface area contributed by atoms with Crippen LogP contribution >= 0.6 is 11.3 Å². The molecule has 2 N–H and O–H groups in total. The molecule has 1 aliphatic heterocycles. The lowest BCUT2D eigenvalue weighted by molar-refractivity contribution is 0.328. The lowest BCUT2D eigenvalue weighted by atomic mass is 9.96. The van der Waals surface area contributed by atoms with Crippen LogP contribution in [0.25, 0.3) is 10.6 Å². The minimum Gasteiger partial charge on any atom is -0.312 e. The standard InChI is InChI=1S/C16H21N3O2S2/c1-23(20,21)19-14-8-5-9-17-15(14)10-13-11-22-16(18-13)12-6-3-2-4-7-12/h2-4,6-7,11,14-15,17,19H,5,8-10H2,1H3/t14-,15-/m0/s1. The molecule has 1 fully saturated rings. The lowest BCUT2D eigenvalue weighted by Crippen LogP contribution is -2.54. The Kier molecular flexibility index (Phi) is 5.11. The third-order valence-electron chi connectivity index (χ3n) is 3.95. The molecule has 1 aromatic carbocycles. The topological polar surface area (TPSA) is 71.1 Å². The molecule has 0 spiro atoms. The van der Waals surface area contributed by atoms with Gasteiger partial charge in [0.15, 0.2) is 0 Å². The van der Waals surface area contributed by atoms with E-state index in [4.69, 9.17) is 4.98 Å². The van der Waals surface area contributed by atoms with Crippen molar-refractivity contribution in [1.29, 1.82) is 0 Å². The van der Waals surface area contributed by atoms with Gasteiger partial charge < -0.3 is 5.32 Å². The Labute approximate surface area is 141 Å². The van der Waals surface area contributed by atoms with Gasteiger partial charge in [0.1, 0.15) is 5.01 Å². The molecule has 2 atom stereocenters. The molecular formula is C16H21N3O2S2. The zero-order valence-corrected chi connectivity index (χ0v) is 14.7. The Bertz CT molecular complexity index is 744. The first kappa shape index (κ1) is 16.6. The fraction of sp³-hybridized carbons (Fsp3) is 0.438. The van der Waals surface area contributed by atoms with Crippen LogP contribution in [0.2, 0.25) is 0 Å². The first-order valence-electron chi connectivity index (χ1n) is 7.72. The van der Waals surface area contributed by atoms with Gasteiger partial charge in [0.25, 0.3) is 0 Å². The minimum absolute atomic E-state index is 0.0689. The van der Waals surface area contributed by atoms with E-state index in [1.165, 1.54) is 6.26 Å². The summed E-state index contributed by atoms with van der Waals surface area (Å²) in [6, 6.07) is 10.1. The third-order valence-corrected chi connectivity index (χ3v) is 5.62. The molecule has 2 heterocycles. The summed E-state index contributed by atoms with van der Waals surface area (Å²) >= 11 is 1.63. The molecule has 23 heavy (non-hydrogen) atoms. The van der Waals surface area contributed by atoms with Crippen molar-refractivity contribution in [2.75, 3.05) is 12.8 Å². The van der Waals surface area contributed by atoms with Crippen molar-refractivity contribution in [2.45, 2.75) is 31.3 Å². The molecule has 0 aliphatic carbocycles. The van der Waals surface area contributed by atoms with Crippen molar-refractivity contribution in [3.8, 4) is 10.6 Å². The molecule has 0 amide bonds. The predicted octanol–water partition coefficient (Wildman–Crippen LogP) is 2.02. The van der Waals surface area contributed by atoms with Crippen LogP contribution in [0.1, 0.15) is 18.5 Å². The summed E-state index contributed by atoms with van der Waals surface area (Å²) in [6.45, 7) is 0.919. The Morgan fingerprint density at radius 2 is 2.13 bits per heavy atom. The van der Waals surface area contributed by atoms with Crippen molar-refractivity contribution >= 4 is 21.4 Å². The number of benzene rings is 1. The highest BCUT2D eigenvalue weighted by atomic mass is 32.2. The van der Waals surface area contributed by atoms with Crippen LogP contribution in [0.5, 0.6) is 0 Å². The monoisotopic (exact) mass is 351 g/mol. The highest BCUT2D eigenvalue weighted by molar-refractivity contribution is 7.88. The predicted molar refractivity (Wildman–Crippen MR) is 94.0 cm³/mol. The van der Waals surface area contributed by atoms with E-state index in [-0.39, 0.29) is 12.1 Å². The van der Waals surface area contributed by atoms with E-state index in [1.54, 1.807) is 11.3 Å². The molecule has 1 saturated heterocycles. The Morgan fingerprint density at radius 3 is 2.87 bits per heavy atom. The Balaban J connectivity index is 1.71. The van der Waals surface area contributed by atoms with Gasteiger partial charge in [-0.05, 0) is 19.4 Å². The molecule has 5 nitrogen and oxygen atoms in total. The van der Waals surface area contributed by atoms with Gasteiger partial charge in [-0.25, -0.2) is 18.1 Å². The van der Waals surface area contributed by atoms with E-state index >= 15 is 0 Å². The van der Waals surface area contributed by atoms with Crippen LogP contribution in [-0.2, 0) is 16.4 Å². The van der Waals surface area contributed by atoms with Crippen molar-refractivity contribution in [3.05, 3.63) is 41.4 Å². The molecule has 0 saturated carbocycles. The average molecular weight is 351 g/mol. The van der Waals surface area contributed by atoms with Gasteiger partial charge >= 0.3 is 0 Å².